The van der Waals surface area contributed by atoms with Gasteiger partial charge in [-0.1, -0.05) is 35.9 Å². The first kappa shape index (κ1) is 19.3. The minimum absolute atomic E-state index is 0.0373. The summed E-state index contributed by atoms with van der Waals surface area (Å²) in [4.78, 5) is 17.8. The van der Waals surface area contributed by atoms with Crippen LogP contribution in [0.25, 0.3) is 11.4 Å². The number of benzene rings is 2. The molecule has 0 aliphatic rings. The zero-order valence-corrected chi connectivity index (χ0v) is 16.6. The average Bonchev–Trinajstić information content (AvgIpc) is 3.20. The summed E-state index contributed by atoms with van der Waals surface area (Å²) in [5, 5.41) is 15.0. The number of carbonyl (C=O) groups excluding carboxylic acids is 1. The first-order valence-electron chi connectivity index (χ1n) is 9.40. The van der Waals surface area contributed by atoms with E-state index in [2.05, 4.69) is 25.7 Å². The quantitative estimate of drug-likeness (QED) is 0.529. The first-order valence-corrected chi connectivity index (χ1v) is 9.40. The number of rotatable bonds is 6. The van der Waals surface area contributed by atoms with Crippen molar-refractivity contribution in [2.75, 3.05) is 5.32 Å². The van der Waals surface area contributed by atoms with E-state index in [1.165, 1.54) is 4.80 Å². The highest BCUT2D eigenvalue weighted by atomic mass is 16.5. The van der Waals surface area contributed by atoms with Gasteiger partial charge in [0.25, 0.3) is 0 Å². The van der Waals surface area contributed by atoms with E-state index in [1.54, 1.807) is 36.5 Å². The Bertz CT molecular complexity index is 1140. The summed E-state index contributed by atoms with van der Waals surface area (Å²) in [7, 11) is 0. The zero-order chi connectivity index (χ0) is 20.9. The SMILES string of the molecule is Cc1ccc(-c2nnn(CC(=O)Nc3ccc(Oc4ccc(C)cn4)cc3)n2)cc1. The van der Waals surface area contributed by atoms with Gasteiger partial charge in [-0.2, -0.15) is 4.80 Å². The van der Waals surface area contributed by atoms with E-state index in [0.29, 0.717) is 23.1 Å². The van der Waals surface area contributed by atoms with Crippen molar-refractivity contribution in [3.8, 4) is 23.0 Å². The molecule has 0 fully saturated rings. The largest absolute Gasteiger partial charge is 0.439 e. The van der Waals surface area contributed by atoms with E-state index in [9.17, 15) is 4.79 Å². The second-order valence-electron chi connectivity index (χ2n) is 6.86. The molecule has 8 nitrogen and oxygen atoms in total. The van der Waals surface area contributed by atoms with E-state index < -0.39 is 0 Å². The lowest BCUT2D eigenvalue weighted by molar-refractivity contribution is -0.117. The van der Waals surface area contributed by atoms with Crippen molar-refractivity contribution in [2.24, 2.45) is 0 Å². The Morgan fingerprint density at radius 2 is 1.70 bits per heavy atom. The molecule has 4 rings (SSSR count). The molecule has 4 aromatic rings. The molecule has 30 heavy (non-hydrogen) atoms. The molecule has 2 aromatic heterocycles. The normalized spacial score (nSPS) is 10.6. The smallest absolute Gasteiger partial charge is 0.248 e. The molecule has 8 heteroatoms. The number of tetrazole rings is 1. The van der Waals surface area contributed by atoms with Gasteiger partial charge in [-0.05, 0) is 48.9 Å². The van der Waals surface area contributed by atoms with E-state index >= 15 is 0 Å². The number of ether oxygens (including phenoxy) is 1. The Balaban J connectivity index is 1.34. The molecule has 0 unspecified atom stereocenters. The maximum atomic E-state index is 12.3. The lowest BCUT2D eigenvalue weighted by Gasteiger charge is -2.07. The topological polar surface area (TPSA) is 94.8 Å². The third-order valence-corrected chi connectivity index (χ3v) is 4.29. The number of hydrogen-bond donors (Lipinski definition) is 1. The average molecular weight is 400 g/mol. The van der Waals surface area contributed by atoms with Gasteiger partial charge < -0.3 is 10.1 Å². The van der Waals surface area contributed by atoms with Gasteiger partial charge in [-0.15, -0.1) is 10.2 Å². The summed E-state index contributed by atoms with van der Waals surface area (Å²) in [6.07, 6.45) is 1.74. The number of nitrogens with zero attached hydrogens (tertiary/aromatic N) is 5. The fraction of sp³-hybridized carbons (Fsp3) is 0.136. The van der Waals surface area contributed by atoms with Crippen LogP contribution in [0.15, 0.2) is 66.9 Å². The molecule has 0 saturated heterocycles. The van der Waals surface area contributed by atoms with Gasteiger partial charge in [0.1, 0.15) is 12.3 Å². The van der Waals surface area contributed by atoms with Crippen molar-refractivity contribution in [3.05, 3.63) is 78.0 Å². The summed E-state index contributed by atoms with van der Waals surface area (Å²) in [5.41, 5.74) is 3.71. The molecule has 1 amide bonds. The Labute approximate surface area is 173 Å². The number of carbonyl (C=O) groups is 1. The zero-order valence-electron chi connectivity index (χ0n) is 16.6. The van der Waals surface area contributed by atoms with Crippen molar-refractivity contribution < 1.29 is 9.53 Å². The van der Waals surface area contributed by atoms with Gasteiger partial charge in [-0.25, -0.2) is 4.98 Å². The van der Waals surface area contributed by atoms with Gasteiger partial charge >= 0.3 is 0 Å². The molecule has 0 radical (unpaired) electrons. The number of hydrogen-bond acceptors (Lipinski definition) is 6. The minimum Gasteiger partial charge on any atom is -0.439 e. The van der Waals surface area contributed by atoms with Crippen LogP contribution in [-0.4, -0.2) is 31.1 Å². The Morgan fingerprint density at radius 1 is 0.967 bits per heavy atom. The molecule has 1 N–H and O–H groups in total. The van der Waals surface area contributed by atoms with Gasteiger partial charge in [0.15, 0.2) is 0 Å². The maximum Gasteiger partial charge on any atom is 0.248 e. The number of nitrogens with one attached hydrogen (secondary N) is 1. The number of aromatic nitrogens is 5. The number of amides is 1. The number of anilines is 1. The molecule has 2 aromatic carbocycles. The van der Waals surface area contributed by atoms with Crippen LogP contribution in [0.3, 0.4) is 0 Å². The monoisotopic (exact) mass is 400 g/mol. The van der Waals surface area contributed by atoms with Crippen molar-refractivity contribution in [2.45, 2.75) is 20.4 Å². The first-order chi connectivity index (χ1) is 14.5. The van der Waals surface area contributed by atoms with Crippen LogP contribution in [0.1, 0.15) is 11.1 Å². The van der Waals surface area contributed by atoms with Crippen LogP contribution in [0, 0.1) is 13.8 Å². The highest BCUT2D eigenvalue weighted by Crippen LogP contribution is 2.21. The van der Waals surface area contributed by atoms with Crippen molar-refractivity contribution in [3.63, 3.8) is 0 Å². The summed E-state index contributed by atoms with van der Waals surface area (Å²) < 4.78 is 5.68. The molecule has 0 spiro atoms. The van der Waals surface area contributed by atoms with Crippen molar-refractivity contribution in [1.29, 1.82) is 0 Å². The molecule has 0 bridgehead atoms. The van der Waals surface area contributed by atoms with E-state index in [4.69, 9.17) is 4.74 Å². The highest BCUT2D eigenvalue weighted by molar-refractivity contribution is 5.90. The molecule has 0 atom stereocenters. The summed E-state index contributed by atoms with van der Waals surface area (Å²) in [5.74, 6) is 1.37. The number of aryl methyl sites for hydroxylation is 2. The summed E-state index contributed by atoms with van der Waals surface area (Å²) in [6.45, 7) is 3.94. The van der Waals surface area contributed by atoms with Crippen LogP contribution in [0.4, 0.5) is 5.69 Å². The predicted molar refractivity (Wildman–Crippen MR) is 112 cm³/mol. The highest BCUT2D eigenvalue weighted by Gasteiger charge is 2.10. The Hall–Kier alpha value is -4.07. The van der Waals surface area contributed by atoms with Crippen LogP contribution in [-0.2, 0) is 11.3 Å². The van der Waals surface area contributed by atoms with Crippen molar-refractivity contribution >= 4 is 11.6 Å². The van der Waals surface area contributed by atoms with Crippen LogP contribution in [0.2, 0.25) is 0 Å². The van der Waals surface area contributed by atoms with Crippen LogP contribution < -0.4 is 10.1 Å². The third-order valence-electron chi connectivity index (χ3n) is 4.29. The molecular weight excluding hydrogens is 380 g/mol. The Kier molecular flexibility index (Phi) is 5.47. The fourth-order valence-corrected chi connectivity index (χ4v) is 2.70. The lowest BCUT2D eigenvalue weighted by atomic mass is 10.1. The molecule has 0 aliphatic carbocycles. The van der Waals surface area contributed by atoms with E-state index in [-0.39, 0.29) is 12.5 Å². The summed E-state index contributed by atoms with van der Waals surface area (Å²) in [6, 6.07) is 18.6. The van der Waals surface area contributed by atoms with Gasteiger partial charge in [0.05, 0.1) is 0 Å². The van der Waals surface area contributed by atoms with E-state index in [0.717, 1.165) is 16.7 Å². The fourth-order valence-electron chi connectivity index (χ4n) is 2.70. The van der Waals surface area contributed by atoms with Gasteiger partial charge in [0, 0.05) is 23.5 Å². The van der Waals surface area contributed by atoms with Crippen molar-refractivity contribution in [1.82, 2.24) is 25.2 Å². The van der Waals surface area contributed by atoms with Gasteiger partial charge in [-0.3, -0.25) is 4.79 Å². The molecular formula is C22H20N6O2. The Morgan fingerprint density at radius 3 is 2.40 bits per heavy atom. The minimum atomic E-state index is -0.253. The van der Waals surface area contributed by atoms with Crippen LogP contribution >= 0.6 is 0 Å². The molecule has 150 valence electrons. The molecule has 0 saturated carbocycles. The second-order valence-corrected chi connectivity index (χ2v) is 6.86. The third kappa shape index (κ3) is 4.85. The van der Waals surface area contributed by atoms with Crippen LogP contribution in [0.5, 0.6) is 11.6 Å². The van der Waals surface area contributed by atoms with Gasteiger partial charge in [0.2, 0.25) is 17.6 Å². The number of pyridine rings is 1. The van der Waals surface area contributed by atoms with E-state index in [1.807, 2.05) is 44.2 Å². The second kappa shape index (κ2) is 8.52. The lowest BCUT2D eigenvalue weighted by Crippen LogP contribution is -2.20. The maximum absolute atomic E-state index is 12.3. The molecule has 2 heterocycles. The predicted octanol–water partition coefficient (Wildman–Crippen LogP) is 3.78. The molecule has 0 aliphatic heterocycles. The standard InChI is InChI=1S/C22H20N6O2/c1-15-3-6-17(7-4-15)22-25-27-28(26-22)14-20(29)24-18-8-10-19(11-9-18)30-21-12-5-16(2)13-23-21/h3-13H,14H2,1-2H3,(H,24,29). The summed E-state index contributed by atoms with van der Waals surface area (Å²) >= 11 is 0.